The SMILES string of the molecule is CC1(C)COCC(Cc2ccccc2)N1C(=O)COc1ccccc1. The predicted molar refractivity (Wildman–Crippen MR) is 97.6 cm³/mol. The molecule has 2 aromatic carbocycles. The molecule has 1 fully saturated rings. The summed E-state index contributed by atoms with van der Waals surface area (Å²) in [6.07, 6.45) is 0.779. The third-order valence-electron chi connectivity index (χ3n) is 4.47. The molecular weight excluding hydrogens is 314 g/mol. The van der Waals surface area contributed by atoms with Gasteiger partial charge in [-0.2, -0.15) is 0 Å². The summed E-state index contributed by atoms with van der Waals surface area (Å²) in [6.45, 7) is 5.22. The second-order valence-corrected chi connectivity index (χ2v) is 7.04. The Bertz CT molecular complexity index is 685. The Balaban J connectivity index is 1.72. The van der Waals surface area contributed by atoms with Crippen molar-refractivity contribution in [1.29, 1.82) is 0 Å². The highest BCUT2D eigenvalue weighted by Crippen LogP contribution is 2.26. The summed E-state index contributed by atoms with van der Waals surface area (Å²) in [7, 11) is 0. The summed E-state index contributed by atoms with van der Waals surface area (Å²) in [5.74, 6) is 0.708. The number of hydrogen-bond acceptors (Lipinski definition) is 3. The molecule has 0 radical (unpaired) electrons. The van der Waals surface area contributed by atoms with E-state index >= 15 is 0 Å². The maximum atomic E-state index is 12.9. The fourth-order valence-electron chi connectivity index (χ4n) is 3.39. The Labute approximate surface area is 149 Å². The molecule has 1 aliphatic rings. The maximum absolute atomic E-state index is 12.9. The minimum absolute atomic E-state index is 0.00177. The van der Waals surface area contributed by atoms with Crippen LogP contribution in [0.25, 0.3) is 0 Å². The lowest BCUT2D eigenvalue weighted by Crippen LogP contribution is -2.62. The molecule has 0 saturated carbocycles. The van der Waals surface area contributed by atoms with E-state index in [0.29, 0.717) is 19.0 Å². The van der Waals surface area contributed by atoms with Gasteiger partial charge < -0.3 is 14.4 Å². The molecule has 3 rings (SSSR count). The highest BCUT2D eigenvalue weighted by atomic mass is 16.5. The smallest absolute Gasteiger partial charge is 0.261 e. The van der Waals surface area contributed by atoms with Gasteiger partial charge >= 0.3 is 0 Å². The summed E-state index contributed by atoms with van der Waals surface area (Å²) >= 11 is 0. The number of nitrogens with zero attached hydrogens (tertiary/aromatic N) is 1. The number of rotatable bonds is 5. The zero-order valence-corrected chi connectivity index (χ0v) is 14.9. The van der Waals surface area contributed by atoms with Crippen LogP contribution >= 0.6 is 0 Å². The van der Waals surface area contributed by atoms with Crippen LogP contribution in [0.1, 0.15) is 19.4 Å². The zero-order valence-electron chi connectivity index (χ0n) is 14.9. The van der Waals surface area contributed by atoms with E-state index in [0.717, 1.165) is 6.42 Å². The monoisotopic (exact) mass is 339 g/mol. The Kier molecular flexibility index (Phi) is 5.39. The third kappa shape index (κ3) is 4.40. The van der Waals surface area contributed by atoms with Crippen molar-refractivity contribution in [2.45, 2.75) is 31.8 Å². The number of benzene rings is 2. The van der Waals surface area contributed by atoms with Crippen LogP contribution in [0.2, 0.25) is 0 Å². The lowest BCUT2D eigenvalue weighted by molar-refractivity contribution is -0.157. The summed E-state index contributed by atoms with van der Waals surface area (Å²) in [4.78, 5) is 14.9. The number of carbonyl (C=O) groups is 1. The highest BCUT2D eigenvalue weighted by molar-refractivity contribution is 5.79. The van der Waals surface area contributed by atoms with Crippen molar-refractivity contribution in [3.05, 3.63) is 66.2 Å². The van der Waals surface area contributed by atoms with Crippen molar-refractivity contribution in [3.8, 4) is 5.75 Å². The van der Waals surface area contributed by atoms with E-state index in [1.807, 2.05) is 67.3 Å². The predicted octanol–water partition coefficient (Wildman–Crippen LogP) is 3.31. The van der Waals surface area contributed by atoms with Gasteiger partial charge in [0.25, 0.3) is 5.91 Å². The average Bonchev–Trinajstić information content (AvgIpc) is 2.61. The van der Waals surface area contributed by atoms with E-state index in [4.69, 9.17) is 9.47 Å². The molecule has 0 N–H and O–H groups in total. The van der Waals surface area contributed by atoms with Crippen molar-refractivity contribution < 1.29 is 14.3 Å². The van der Waals surface area contributed by atoms with E-state index < -0.39 is 0 Å². The minimum atomic E-state index is -0.352. The fourth-order valence-corrected chi connectivity index (χ4v) is 3.39. The van der Waals surface area contributed by atoms with Gasteiger partial charge in [0, 0.05) is 0 Å². The van der Waals surface area contributed by atoms with Crippen LogP contribution in [0.5, 0.6) is 5.75 Å². The minimum Gasteiger partial charge on any atom is -0.484 e. The van der Waals surface area contributed by atoms with Gasteiger partial charge in [-0.3, -0.25) is 4.79 Å². The van der Waals surface area contributed by atoms with Crippen LogP contribution in [0.15, 0.2) is 60.7 Å². The molecule has 1 amide bonds. The molecule has 0 aromatic heterocycles. The molecule has 1 saturated heterocycles. The van der Waals surface area contributed by atoms with E-state index in [9.17, 15) is 4.79 Å². The van der Waals surface area contributed by atoms with Crippen molar-refractivity contribution in [2.24, 2.45) is 0 Å². The van der Waals surface area contributed by atoms with Gasteiger partial charge in [-0.25, -0.2) is 0 Å². The van der Waals surface area contributed by atoms with E-state index in [-0.39, 0.29) is 24.1 Å². The zero-order chi connectivity index (χ0) is 17.7. The van der Waals surface area contributed by atoms with Crippen molar-refractivity contribution in [2.75, 3.05) is 19.8 Å². The van der Waals surface area contributed by atoms with Crippen LogP contribution in [-0.4, -0.2) is 42.2 Å². The van der Waals surface area contributed by atoms with Crippen LogP contribution in [0, 0.1) is 0 Å². The summed E-state index contributed by atoms with van der Waals surface area (Å²) in [6, 6.07) is 19.7. The fraction of sp³-hybridized carbons (Fsp3) is 0.381. The van der Waals surface area contributed by atoms with Gasteiger partial charge in [0.15, 0.2) is 6.61 Å². The number of para-hydroxylation sites is 1. The first-order chi connectivity index (χ1) is 12.1. The number of morpholine rings is 1. The van der Waals surface area contributed by atoms with Crippen LogP contribution in [-0.2, 0) is 16.0 Å². The highest BCUT2D eigenvalue weighted by Gasteiger charge is 2.40. The Morgan fingerprint density at radius 3 is 2.44 bits per heavy atom. The molecule has 0 spiro atoms. The first-order valence-electron chi connectivity index (χ1n) is 8.68. The first kappa shape index (κ1) is 17.5. The number of ether oxygens (including phenoxy) is 2. The Hall–Kier alpha value is -2.33. The lowest BCUT2D eigenvalue weighted by Gasteiger charge is -2.47. The van der Waals surface area contributed by atoms with Crippen LogP contribution in [0.4, 0.5) is 0 Å². The summed E-state index contributed by atoms with van der Waals surface area (Å²) < 4.78 is 11.5. The topological polar surface area (TPSA) is 38.8 Å². The summed E-state index contributed by atoms with van der Waals surface area (Å²) in [5, 5.41) is 0. The molecule has 2 aromatic rings. The molecule has 1 atom stereocenters. The van der Waals surface area contributed by atoms with Crippen molar-refractivity contribution in [1.82, 2.24) is 4.90 Å². The Morgan fingerprint density at radius 1 is 1.12 bits per heavy atom. The van der Waals surface area contributed by atoms with E-state index in [2.05, 4.69) is 12.1 Å². The van der Waals surface area contributed by atoms with Crippen molar-refractivity contribution >= 4 is 5.91 Å². The second-order valence-electron chi connectivity index (χ2n) is 7.04. The largest absolute Gasteiger partial charge is 0.484 e. The number of amides is 1. The van der Waals surface area contributed by atoms with Gasteiger partial charge in [0.2, 0.25) is 0 Å². The normalized spacial score (nSPS) is 19.4. The molecule has 4 nitrogen and oxygen atoms in total. The second kappa shape index (κ2) is 7.70. The number of hydrogen-bond donors (Lipinski definition) is 0. The standard InChI is InChI=1S/C21H25NO3/c1-21(2)16-24-14-18(13-17-9-5-3-6-10-17)22(21)20(23)15-25-19-11-7-4-8-12-19/h3-12,18H,13-16H2,1-2H3. The number of carbonyl (C=O) groups excluding carboxylic acids is 1. The lowest BCUT2D eigenvalue weighted by atomic mass is 9.95. The average molecular weight is 339 g/mol. The van der Waals surface area contributed by atoms with Crippen LogP contribution < -0.4 is 4.74 Å². The maximum Gasteiger partial charge on any atom is 0.261 e. The molecule has 1 aliphatic heterocycles. The summed E-state index contributed by atoms with van der Waals surface area (Å²) in [5.41, 5.74) is 0.852. The van der Waals surface area contributed by atoms with Gasteiger partial charge in [0.1, 0.15) is 5.75 Å². The quantitative estimate of drug-likeness (QED) is 0.839. The van der Waals surface area contributed by atoms with Gasteiger partial charge in [-0.1, -0.05) is 48.5 Å². The molecule has 0 bridgehead atoms. The van der Waals surface area contributed by atoms with Crippen molar-refractivity contribution in [3.63, 3.8) is 0 Å². The molecule has 132 valence electrons. The van der Waals surface area contributed by atoms with Gasteiger partial charge in [-0.15, -0.1) is 0 Å². The van der Waals surface area contributed by atoms with Gasteiger partial charge in [-0.05, 0) is 38.0 Å². The first-order valence-corrected chi connectivity index (χ1v) is 8.68. The molecule has 1 unspecified atom stereocenters. The van der Waals surface area contributed by atoms with E-state index in [1.54, 1.807) is 0 Å². The third-order valence-corrected chi connectivity index (χ3v) is 4.47. The van der Waals surface area contributed by atoms with Gasteiger partial charge in [0.05, 0.1) is 24.8 Å². The molecule has 0 aliphatic carbocycles. The van der Waals surface area contributed by atoms with Crippen LogP contribution in [0.3, 0.4) is 0 Å². The molecule has 4 heteroatoms. The molecule has 25 heavy (non-hydrogen) atoms. The molecular formula is C21H25NO3. The molecule has 1 heterocycles. The Morgan fingerprint density at radius 2 is 1.76 bits per heavy atom. The van der Waals surface area contributed by atoms with E-state index in [1.165, 1.54) is 5.56 Å².